The SMILES string of the molecule is C#CCN(CC(=O)O)c1ccncc1[N+](=O)[O-]. The van der Waals surface area contributed by atoms with E-state index in [-0.39, 0.29) is 17.9 Å². The van der Waals surface area contributed by atoms with Crippen molar-refractivity contribution in [3.05, 3.63) is 28.6 Å². The van der Waals surface area contributed by atoms with Gasteiger partial charge in [0.1, 0.15) is 18.4 Å². The third-order valence-corrected chi connectivity index (χ3v) is 1.92. The molecule has 0 aliphatic rings. The van der Waals surface area contributed by atoms with Gasteiger partial charge in [0.15, 0.2) is 0 Å². The maximum Gasteiger partial charge on any atom is 0.323 e. The normalized spacial score (nSPS) is 9.35. The van der Waals surface area contributed by atoms with Gasteiger partial charge in [-0.3, -0.25) is 19.9 Å². The summed E-state index contributed by atoms with van der Waals surface area (Å²) in [5, 5.41) is 19.5. The molecule has 1 aromatic heterocycles. The number of rotatable bonds is 5. The lowest BCUT2D eigenvalue weighted by Crippen LogP contribution is -2.30. The Hall–Kier alpha value is -2.62. The molecule has 0 saturated carbocycles. The summed E-state index contributed by atoms with van der Waals surface area (Å²) < 4.78 is 0. The highest BCUT2D eigenvalue weighted by Crippen LogP contribution is 2.25. The molecule has 0 fully saturated rings. The molecule has 0 saturated heterocycles. The number of nitrogens with zero attached hydrogens (tertiary/aromatic N) is 3. The van der Waals surface area contributed by atoms with Gasteiger partial charge >= 0.3 is 11.7 Å². The predicted octanol–water partition coefficient (Wildman–Crippen LogP) is 0.514. The fourth-order valence-electron chi connectivity index (χ4n) is 1.29. The second kappa shape index (κ2) is 5.46. The molecule has 0 bridgehead atoms. The predicted molar refractivity (Wildman–Crippen MR) is 59.6 cm³/mol. The maximum atomic E-state index is 10.8. The topological polar surface area (TPSA) is 96.6 Å². The van der Waals surface area contributed by atoms with Crippen molar-refractivity contribution >= 4 is 17.3 Å². The Morgan fingerprint density at radius 2 is 2.41 bits per heavy atom. The van der Waals surface area contributed by atoms with Crippen molar-refractivity contribution in [3.63, 3.8) is 0 Å². The molecule has 1 aromatic rings. The summed E-state index contributed by atoms with van der Waals surface area (Å²) in [7, 11) is 0. The van der Waals surface area contributed by atoms with Crippen molar-refractivity contribution in [1.29, 1.82) is 0 Å². The number of carboxylic acid groups (broad SMARTS) is 1. The highest BCUT2D eigenvalue weighted by atomic mass is 16.6. The van der Waals surface area contributed by atoms with Crippen LogP contribution in [-0.2, 0) is 4.79 Å². The van der Waals surface area contributed by atoms with Gasteiger partial charge in [-0.2, -0.15) is 0 Å². The van der Waals surface area contributed by atoms with Crippen LogP contribution in [0.3, 0.4) is 0 Å². The van der Waals surface area contributed by atoms with E-state index in [1.807, 2.05) is 0 Å². The molecule has 0 aliphatic heterocycles. The van der Waals surface area contributed by atoms with Crippen LogP contribution in [0, 0.1) is 22.5 Å². The molecule has 0 unspecified atom stereocenters. The van der Waals surface area contributed by atoms with Gasteiger partial charge < -0.3 is 10.0 Å². The maximum absolute atomic E-state index is 10.8. The molecule has 1 rings (SSSR count). The summed E-state index contributed by atoms with van der Waals surface area (Å²) in [6.45, 7) is -0.438. The van der Waals surface area contributed by atoms with Crippen LogP contribution in [0.25, 0.3) is 0 Å². The number of aromatic nitrogens is 1. The van der Waals surface area contributed by atoms with E-state index in [4.69, 9.17) is 11.5 Å². The lowest BCUT2D eigenvalue weighted by Gasteiger charge is -2.19. The number of carbonyl (C=O) groups is 1. The number of pyridine rings is 1. The zero-order valence-electron chi connectivity index (χ0n) is 8.74. The first kappa shape index (κ1) is 12.4. The Kier molecular flexibility index (Phi) is 4.00. The second-order valence-corrected chi connectivity index (χ2v) is 3.08. The molecular weight excluding hydrogens is 226 g/mol. The van der Waals surface area contributed by atoms with E-state index < -0.39 is 17.4 Å². The van der Waals surface area contributed by atoms with Crippen LogP contribution in [-0.4, -0.2) is 34.1 Å². The third kappa shape index (κ3) is 3.17. The molecule has 0 aromatic carbocycles. The van der Waals surface area contributed by atoms with Crippen molar-refractivity contribution in [2.24, 2.45) is 0 Å². The molecule has 0 amide bonds. The van der Waals surface area contributed by atoms with E-state index >= 15 is 0 Å². The molecule has 1 N–H and O–H groups in total. The Morgan fingerprint density at radius 1 is 1.71 bits per heavy atom. The molecule has 0 radical (unpaired) electrons. The van der Waals surface area contributed by atoms with Crippen LogP contribution in [0.4, 0.5) is 11.4 Å². The average molecular weight is 235 g/mol. The van der Waals surface area contributed by atoms with Crippen molar-refractivity contribution < 1.29 is 14.8 Å². The van der Waals surface area contributed by atoms with Gasteiger partial charge in [0.25, 0.3) is 0 Å². The molecule has 7 nitrogen and oxygen atoms in total. The number of hydrogen-bond acceptors (Lipinski definition) is 5. The Morgan fingerprint density at radius 3 is 2.94 bits per heavy atom. The smallest absolute Gasteiger partial charge is 0.323 e. The largest absolute Gasteiger partial charge is 0.480 e. The van der Waals surface area contributed by atoms with E-state index in [0.29, 0.717) is 0 Å². The summed E-state index contributed by atoms with van der Waals surface area (Å²) in [4.78, 5) is 25.6. The monoisotopic (exact) mass is 235 g/mol. The van der Waals surface area contributed by atoms with E-state index in [0.717, 1.165) is 6.20 Å². The molecule has 1 heterocycles. The van der Waals surface area contributed by atoms with Crippen molar-refractivity contribution in [2.45, 2.75) is 0 Å². The fraction of sp³-hybridized carbons (Fsp3) is 0.200. The standard InChI is InChI=1S/C10H9N3O4/c1-2-5-12(7-10(14)15)8-3-4-11-6-9(8)13(16)17/h1,3-4,6H,5,7H2,(H,14,15). The second-order valence-electron chi connectivity index (χ2n) is 3.08. The molecule has 7 heteroatoms. The van der Waals surface area contributed by atoms with Gasteiger partial charge in [-0.25, -0.2) is 0 Å². The zero-order chi connectivity index (χ0) is 12.8. The molecule has 88 valence electrons. The minimum absolute atomic E-state index is 0.0306. The zero-order valence-corrected chi connectivity index (χ0v) is 8.74. The van der Waals surface area contributed by atoms with Crippen molar-refractivity contribution in [2.75, 3.05) is 18.0 Å². The fourth-order valence-corrected chi connectivity index (χ4v) is 1.29. The first-order chi connectivity index (χ1) is 8.06. The number of nitro groups is 1. The van der Waals surface area contributed by atoms with Crippen LogP contribution in [0.1, 0.15) is 0 Å². The Bertz CT molecular complexity index is 481. The van der Waals surface area contributed by atoms with Gasteiger partial charge in [-0.05, 0) is 6.07 Å². The van der Waals surface area contributed by atoms with E-state index in [1.165, 1.54) is 17.2 Å². The third-order valence-electron chi connectivity index (χ3n) is 1.92. The number of aliphatic carboxylic acids is 1. The first-order valence-electron chi connectivity index (χ1n) is 4.55. The van der Waals surface area contributed by atoms with Crippen LogP contribution >= 0.6 is 0 Å². The van der Waals surface area contributed by atoms with Crippen LogP contribution in [0.5, 0.6) is 0 Å². The summed E-state index contributed by atoms with van der Waals surface area (Å²) in [5.74, 6) is 1.14. The Labute approximate surface area is 96.8 Å². The van der Waals surface area contributed by atoms with Gasteiger partial charge in [0.2, 0.25) is 0 Å². The highest BCUT2D eigenvalue weighted by molar-refractivity contribution is 5.76. The van der Waals surface area contributed by atoms with Crippen LogP contribution in [0.15, 0.2) is 18.5 Å². The van der Waals surface area contributed by atoms with Gasteiger partial charge in [-0.1, -0.05) is 5.92 Å². The number of terminal acetylenes is 1. The summed E-state index contributed by atoms with van der Waals surface area (Å²) in [5.41, 5.74) is -0.130. The Balaban J connectivity index is 3.13. The van der Waals surface area contributed by atoms with E-state index in [1.54, 1.807) is 0 Å². The van der Waals surface area contributed by atoms with Gasteiger partial charge in [0.05, 0.1) is 11.5 Å². The quantitative estimate of drug-likeness (QED) is 0.454. The number of carboxylic acids is 1. The molecule has 0 spiro atoms. The number of hydrogen-bond donors (Lipinski definition) is 1. The molecular formula is C10H9N3O4. The summed E-state index contributed by atoms with van der Waals surface area (Å²) >= 11 is 0. The van der Waals surface area contributed by atoms with Crippen molar-refractivity contribution in [3.8, 4) is 12.3 Å². The lowest BCUT2D eigenvalue weighted by molar-refractivity contribution is -0.384. The minimum atomic E-state index is -1.12. The molecule has 0 atom stereocenters. The van der Waals surface area contributed by atoms with E-state index in [9.17, 15) is 14.9 Å². The van der Waals surface area contributed by atoms with E-state index in [2.05, 4.69) is 10.9 Å². The van der Waals surface area contributed by atoms with Gasteiger partial charge in [-0.15, -0.1) is 6.42 Å². The summed E-state index contributed by atoms with van der Waals surface area (Å²) in [6, 6.07) is 1.36. The molecule has 0 aliphatic carbocycles. The number of anilines is 1. The first-order valence-corrected chi connectivity index (χ1v) is 4.55. The molecule has 17 heavy (non-hydrogen) atoms. The lowest BCUT2D eigenvalue weighted by atomic mass is 10.3. The average Bonchev–Trinajstić information content (AvgIpc) is 2.28. The van der Waals surface area contributed by atoms with Crippen LogP contribution < -0.4 is 4.90 Å². The van der Waals surface area contributed by atoms with Crippen molar-refractivity contribution in [1.82, 2.24) is 4.98 Å². The summed E-state index contributed by atoms with van der Waals surface area (Å²) in [6.07, 6.45) is 7.50. The highest BCUT2D eigenvalue weighted by Gasteiger charge is 2.20. The van der Waals surface area contributed by atoms with Crippen LogP contribution in [0.2, 0.25) is 0 Å². The minimum Gasteiger partial charge on any atom is -0.480 e. The van der Waals surface area contributed by atoms with Gasteiger partial charge in [0, 0.05) is 6.20 Å².